The summed E-state index contributed by atoms with van der Waals surface area (Å²) in [6.45, 7) is 3.65. The number of piperidine rings is 1. The number of hydrogen-bond acceptors (Lipinski definition) is 2. The summed E-state index contributed by atoms with van der Waals surface area (Å²) in [5.74, 6) is 0.808. The van der Waals surface area contributed by atoms with Crippen molar-refractivity contribution in [3.63, 3.8) is 0 Å². The van der Waals surface area contributed by atoms with Gasteiger partial charge in [-0.2, -0.15) is 0 Å². The molecule has 2 aromatic carbocycles. The Balaban J connectivity index is 1.49. The van der Waals surface area contributed by atoms with Crippen LogP contribution in [0.1, 0.15) is 24.0 Å². The third kappa shape index (κ3) is 4.35. The third-order valence-corrected chi connectivity index (χ3v) is 4.67. The van der Waals surface area contributed by atoms with E-state index in [4.69, 9.17) is 5.73 Å². The van der Waals surface area contributed by atoms with Crippen LogP contribution < -0.4 is 5.73 Å². The van der Waals surface area contributed by atoms with E-state index in [1.165, 1.54) is 43.5 Å². The van der Waals surface area contributed by atoms with E-state index in [9.17, 15) is 0 Å². The molecule has 2 N–H and O–H groups in total. The van der Waals surface area contributed by atoms with Crippen LogP contribution in [0.2, 0.25) is 0 Å². The molecule has 1 aliphatic rings. The summed E-state index contributed by atoms with van der Waals surface area (Å²) in [6, 6.07) is 19.2. The minimum absolute atomic E-state index is 0.808. The quantitative estimate of drug-likeness (QED) is 0.851. The van der Waals surface area contributed by atoms with Crippen molar-refractivity contribution in [3.8, 4) is 0 Å². The number of rotatable bonds is 5. The Labute approximate surface area is 134 Å². The monoisotopic (exact) mass is 294 g/mol. The fourth-order valence-electron chi connectivity index (χ4n) is 3.44. The summed E-state index contributed by atoms with van der Waals surface area (Å²) in [7, 11) is 0. The number of benzene rings is 2. The van der Waals surface area contributed by atoms with E-state index in [0.29, 0.717) is 0 Å². The molecule has 0 bridgehead atoms. The first-order chi connectivity index (χ1) is 10.8. The maximum atomic E-state index is 5.75. The number of nitrogens with two attached hydrogens (primary N) is 1. The van der Waals surface area contributed by atoms with Crippen LogP contribution in [0.25, 0.3) is 0 Å². The lowest BCUT2D eigenvalue weighted by molar-refractivity contribution is 0.176. The van der Waals surface area contributed by atoms with Crippen LogP contribution in [0.4, 0.5) is 5.69 Å². The topological polar surface area (TPSA) is 29.3 Å². The van der Waals surface area contributed by atoms with E-state index in [1.54, 1.807) is 0 Å². The van der Waals surface area contributed by atoms with Gasteiger partial charge in [0.1, 0.15) is 0 Å². The van der Waals surface area contributed by atoms with Gasteiger partial charge in [0, 0.05) is 18.8 Å². The molecule has 1 aliphatic heterocycles. The van der Waals surface area contributed by atoms with Crippen LogP contribution in [-0.2, 0) is 12.8 Å². The van der Waals surface area contributed by atoms with Gasteiger partial charge in [-0.15, -0.1) is 0 Å². The molecule has 1 fully saturated rings. The van der Waals surface area contributed by atoms with Crippen molar-refractivity contribution < 1.29 is 0 Å². The maximum absolute atomic E-state index is 5.75. The molecule has 2 heteroatoms. The molecule has 0 aliphatic carbocycles. The van der Waals surface area contributed by atoms with Crippen LogP contribution in [0.3, 0.4) is 0 Å². The van der Waals surface area contributed by atoms with Gasteiger partial charge in [-0.25, -0.2) is 0 Å². The van der Waals surface area contributed by atoms with Crippen LogP contribution in [0.5, 0.6) is 0 Å². The molecule has 1 saturated heterocycles. The van der Waals surface area contributed by atoms with E-state index in [2.05, 4.69) is 47.4 Å². The molecule has 116 valence electrons. The predicted octanol–water partition coefficient (Wildman–Crippen LogP) is 3.77. The van der Waals surface area contributed by atoms with Gasteiger partial charge in [-0.1, -0.05) is 42.5 Å². The van der Waals surface area contributed by atoms with Crippen molar-refractivity contribution in [2.45, 2.75) is 25.7 Å². The Morgan fingerprint density at radius 3 is 2.50 bits per heavy atom. The molecule has 22 heavy (non-hydrogen) atoms. The van der Waals surface area contributed by atoms with Crippen molar-refractivity contribution in [1.82, 2.24) is 4.90 Å². The van der Waals surface area contributed by atoms with Crippen molar-refractivity contribution in [1.29, 1.82) is 0 Å². The number of nitrogen functional groups attached to an aromatic ring is 1. The average Bonchev–Trinajstić information content (AvgIpc) is 2.56. The predicted molar refractivity (Wildman–Crippen MR) is 93.9 cm³/mol. The molecule has 3 rings (SSSR count). The second-order valence-corrected chi connectivity index (χ2v) is 6.49. The normalized spacial score (nSPS) is 19.2. The minimum Gasteiger partial charge on any atom is -0.399 e. The molecule has 2 aromatic rings. The first kappa shape index (κ1) is 15.1. The maximum Gasteiger partial charge on any atom is 0.0314 e. The Morgan fingerprint density at radius 1 is 0.955 bits per heavy atom. The molecule has 0 aromatic heterocycles. The average molecular weight is 294 g/mol. The standard InChI is InChI=1S/C20H26N2/c21-20-10-8-17(9-11-20)12-14-22-13-4-7-19(16-22)15-18-5-2-1-3-6-18/h1-3,5-6,8-11,19H,4,7,12-16,21H2. The van der Waals surface area contributed by atoms with Gasteiger partial charge in [0.2, 0.25) is 0 Å². The number of hydrogen-bond donors (Lipinski definition) is 1. The molecule has 1 atom stereocenters. The van der Waals surface area contributed by atoms with E-state index in [1.807, 2.05) is 12.1 Å². The zero-order chi connectivity index (χ0) is 15.2. The molecule has 1 heterocycles. The van der Waals surface area contributed by atoms with Crippen molar-refractivity contribution in [2.75, 3.05) is 25.4 Å². The second kappa shape index (κ2) is 7.46. The van der Waals surface area contributed by atoms with Crippen molar-refractivity contribution in [2.24, 2.45) is 5.92 Å². The van der Waals surface area contributed by atoms with Crippen molar-refractivity contribution in [3.05, 3.63) is 65.7 Å². The molecule has 0 spiro atoms. The van der Waals surface area contributed by atoms with E-state index < -0.39 is 0 Å². The summed E-state index contributed by atoms with van der Waals surface area (Å²) in [5.41, 5.74) is 9.47. The van der Waals surface area contributed by atoms with Crippen LogP contribution in [0, 0.1) is 5.92 Å². The Morgan fingerprint density at radius 2 is 1.73 bits per heavy atom. The van der Waals surface area contributed by atoms with Crippen LogP contribution >= 0.6 is 0 Å². The molecule has 2 nitrogen and oxygen atoms in total. The lowest BCUT2D eigenvalue weighted by Crippen LogP contribution is -2.37. The first-order valence-corrected chi connectivity index (χ1v) is 8.40. The molecule has 1 unspecified atom stereocenters. The fraction of sp³-hybridized carbons (Fsp3) is 0.400. The lowest BCUT2D eigenvalue weighted by atomic mass is 9.91. The first-order valence-electron chi connectivity index (χ1n) is 8.40. The van der Waals surface area contributed by atoms with E-state index in [0.717, 1.165) is 24.6 Å². The molecule has 0 radical (unpaired) electrons. The highest BCUT2D eigenvalue weighted by atomic mass is 15.1. The third-order valence-electron chi connectivity index (χ3n) is 4.67. The van der Waals surface area contributed by atoms with Gasteiger partial charge in [-0.05, 0) is 61.4 Å². The summed E-state index contributed by atoms with van der Waals surface area (Å²) in [4.78, 5) is 2.63. The highest BCUT2D eigenvalue weighted by molar-refractivity contribution is 5.39. The van der Waals surface area contributed by atoms with Crippen LogP contribution in [-0.4, -0.2) is 24.5 Å². The summed E-state index contributed by atoms with van der Waals surface area (Å²) >= 11 is 0. The zero-order valence-corrected chi connectivity index (χ0v) is 13.2. The Kier molecular flexibility index (Phi) is 5.12. The summed E-state index contributed by atoms with van der Waals surface area (Å²) < 4.78 is 0. The number of likely N-dealkylation sites (tertiary alicyclic amines) is 1. The molecular weight excluding hydrogens is 268 g/mol. The Hall–Kier alpha value is -1.80. The minimum atomic E-state index is 0.808. The highest BCUT2D eigenvalue weighted by Gasteiger charge is 2.19. The Bertz CT molecular complexity index is 562. The number of anilines is 1. The van der Waals surface area contributed by atoms with Gasteiger partial charge in [0.25, 0.3) is 0 Å². The number of nitrogens with zero attached hydrogens (tertiary/aromatic N) is 1. The largest absolute Gasteiger partial charge is 0.399 e. The van der Waals surface area contributed by atoms with Gasteiger partial charge < -0.3 is 10.6 Å². The lowest BCUT2D eigenvalue weighted by Gasteiger charge is -2.33. The smallest absolute Gasteiger partial charge is 0.0314 e. The van der Waals surface area contributed by atoms with Crippen LogP contribution in [0.15, 0.2) is 54.6 Å². The van der Waals surface area contributed by atoms with Gasteiger partial charge in [0.15, 0.2) is 0 Å². The molecular formula is C20H26N2. The molecule has 0 amide bonds. The van der Waals surface area contributed by atoms with Crippen molar-refractivity contribution >= 4 is 5.69 Å². The summed E-state index contributed by atoms with van der Waals surface area (Å²) in [6.07, 6.45) is 5.05. The van der Waals surface area contributed by atoms with E-state index >= 15 is 0 Å². The highest BCUT2D eigenvalue weighted by Crippen LogP contribution is 2.21. The van der Waals surface area contributed by atoms with E-state index in [-0.39, 0.29) is 0 Å². The summed E-state index contributed by atoms with van der Waals surface area (Å²) in [5, 5.41) is 0. The SMILES string of the molecule is Nc1ccc(CCN2CCCC(Cc3ccccc3)C2)cc1. The van der Waals surface area contributed by atoms with Gasteiger partial charge in [0.05, 0.1) is 0 Å². The van der Waals surface area contributed by atoms with Gasteiger partial charge >= 0.3 is 0 Å². The van der Waals surface area contributed by atoms with Gasteiger partial charge in [-0.3, -0.25) is 0 Å². The zero-order valence-electron chi connectivity index (χ0n) is 13.2. The molecule has 0 saturated carbocycles. The second-order valence-electron chi connectivity index (χ2n) is 6.49. The fourth-order valence-corrected chi connectivity index (χ4v) is 3.44.